The van der Waals surface area contributed by atoms with Gasteiger partial charge in [0, 0.05) is 40.7 Å². The topological polar surface area (TPSA) is 102 Å². The molecule has 158 valence electrons. The van der Waals surface area contributed by atoms with Crippen LogP contribution in [-0.4, -0.2) is 21.0 Å². The van der Waals surface area contributed by atoms with Crippen molar-refractivity contribution >= 4 is 28.2 Å². The summed E-state index contributed by atoms with van der Waals surface area (Å²) >= 11 is 0. The molecule has 2 aromatic heterocycles. The fourth-order valence-electron chi connectivity index (χ4n) is 3.90. The Bertz CT molecular complexity index is 1530. The van der Waals surface area contributed by atoms with E-state index in [1.165, 1.54) is 0 Å². The van der Waals surface area contributed by atoms with Crippen molar-refractivity contribution in [2.24, 2.45) is 0 Å². The smallest absolute Gasteiger partial charge is 0.335 e. The number of aromatic nitrogens is 2. The van der Waals surface area contributed by atoms with E-state index in [0.717, 1.165) is 38.8 Å². The molecule has 3 aromatic carbocycles. The molecule has 0 atom stereocenters. The average Bonchev–Trinajstić information content (AvgIpc) is 3.34. The number of carboxylic acid groups (broad SMARTS) is 1. The third kappa shape index (κ3) is 3.80. The molecular weight excluding hydrogens is 412 g/mol. The number of H-pyrrole nitrogens is 1. The van der Waals surface area contributed by atoms with Crippen LogP contribution in [0, 0.1) is 11.3 Å². The van der Waals surface area contributed by atoms with E-state index in [-0.39, 0.29) is 5.56 Å². The third-order valence-electron chi connectivity index (χ3n) is 5.56. The van der Waals surface area contributed by atoms with Crippen LogP contribution in [0.15, 0.2) is 91.4 Å². The van der Waals surface area contributed by atoms with Gasteiger partial charge in [0.25, 0.3) is 0 Å². The lowest BCUT2D eigenvalue weighted by molar-refractivity contribution is 0.0697. The lowest BCUT2D eigenvalue weighted by atomic mass is 9.97. The van der Waals surface area contributed by atoms with E-state index < -0.39 is 5.97 Å². The van der Waals surface area contributed by atoms with Crippen molar-refractivity contribution in [3.63, 3.8) is 0 Å². The molecule has 6 nitrogen and oxygen atoms in total. The number of hydrogen-bond donors (Lipinski definition) is 3. The molecule has 0 aliphatic rings. The zero-order valence-electron chi connectivity index (χ0n) is 17.4. The van der Waals surface area contributed by atoms with Crippen molar-refractivity contribution in [3.05, 3.63) is 103 Å². The van der Waals surface area contributed by atoms with E-state index in [9.17, 15) is 10.1 Å². The highest BCUT2D eigenvalue weighted by Crippen LogP contribution is 2.36. The van der Waals surface area contributed by atoms with Crippen LogP contribution in [-0.2, 0) is 0 Å². The third-order valence-corrected chi connectivity index (χ3v) is 5.56. The molecule has 0 radical (unpaired) electrons. The SMILES string of the molecule is N#Cc1cncc(-c2cccc(-c3ccc(C(=O)O)cc3)c2)c1Nc1cccc2[nH]ccc12. The Labute approximate surface area is 189 Å². The van der Waals surface area contributed by atoms with Crippen molar-refractivity contribution in [2.45, 2.75) is 0 Å². The first kappa shape index (κ1) is 20.0. The number of rotatable bonds is 5. The molecule has 6 heteroatoms. The summed E-state index contributed by atoms with van der Waals surface area (Å²) in [7, 11) is 0. The second kappa shape index (κ2) is 8.33. The number of pyridine rings is 1. The van der Waals surface area contributed by atoms with Crippen LogP contribution in [0.25, 0.3) is 33.2 Å². The van der Waals surface area contributed by atoms with Gasteiger partial charge in [-0.15, -0.1) is 0 Å². The van der Waals surface area contributed by atoms with Crippen LogP contribution in [0.1, 0.15) is 15.9 Å². The predicted molar refractivity (Wildman–Crippen MR) is 128 cm³/mol. The van der Waals surface area contributed by atoms with Crippen molar-refractivity contribution in [1.29, 1.82) is 5.26 Å². The first-order chi connectivity index (χ1) is 16.1. The predicted octanol–water partition coefficient (Wildman–Crippen LogP) is 6.21. The van der Waals surface area contributed by atoms with Crippen LogP contribution in [0.2, 0.25) is 0 Å². The van der Waals surface area contributed by atoms with Gasteiger partial charge in [0.1, 0.15) is 6.07 Å². The zero-order chi connectivity index (χ0) is 22.8. The maximum Gasteiger partial charge on any atom is 0.335 e. The van der Waals surface area contributed by atoms with E-state index in [2.05, 4.69) is 21.4 Å². The van der Waals surface area contributed by atoms with E-state index >= 15 is 0 Å². The first-order valence-electron chi connectivity index (χ1n) is 10.3. The van der Waals surface area contributed by atoms with Gasteiger partial charge in [-0.1, -0.05) is 36.4 Å². The van der Waals surface area contributed by atoms with Crippen LogP contribution >= 0.6 is 0 Å². The molecule has 0 fully saturated rings. The van der Waals surface area contributed by atoms with Crippen LogP contribution in [0.4, 0.5) is 11.4 Å². The zero-order valence-corrected chi connectivity index (χ0v) is 17.4. The van der Waals surface area contributed by atoms with Crippen molar-refractivity contribution in [1.82, 2.24) is 9.97 Å². The molecule has 0 bridgehead atoms. The number of nitriles is 1. The fraction of sp³-hybridized carbons (Fsp3) is 0. The van der Waals surface area contributed by atoms with Gasteiger partial charge in [-0.3, -0.25) is 4.98 Å². The number of anilines is 2. The molecule has 0 aliphatic carbocycles. The highest BCUT2D eigenvalue weighted by Gasteiger charge is 2.14. The molecular formula is C27H18N4O2. The lowest BCUT2D eigenvalue weighted by Crippen LogP contribution is -1.99. The summed E-state index contributed by atoms with van der Waals surface area (Å²) in [4.78, 5) is 18.6. The normalized spacial score (nSPS) is 10.6. The highest BCUT2D eigenvalue weighted by molar-refractivity contribution is 5.96. The molecule has 2 heterocycles. The van der Waals surface area contributed by atoms with E-state index in [1.54, 1.807) is 36.7 Å². The second-order valence-electron chi connectivity index (χ2n) is 7.55. The van der Waals surface area contributed by atoms with E-state index in [4.69, 9.17) is 5.11 Å². The van der Waals surface area contributed by atoms with Crippen molar-refractivity contribution in [3.8, 4) is 28.3 Å². The summed E-state index contributed by atoms with van der Waals surface area (Å²) in [5.41, 5.74) is 6.78. The largest absolute Gasteiger partial charge is 0.478 e. The Morgan fingerprint density at radius 3 is 2.52 bits per heavy atom. The van der Waals surface area contributed by atoms with Gasteiger partial charge >= 0.3 is 5.97 Å². The lowest BCUT2D eigenvalue weighted by Gasteiger charge is -2.15. The summed E-state index contributed by atoms with van der Waals surface area (Å²) in [6.45, 7) is 0. The fourth-order valence-corrected chi connectivity index (χ4v) is 3.90. The Hall–Kier alpha value is -4.89. The van der Waals surface area contributed by atoms with Crippen LogP contribution in [0.5, 0.6) is 0 Å². The Balaban J connectivity index is 1.59. The maximum atomic E-state index is 11.2. The summed E-state index contributed by atoms with van der Waals surface area (Å²) in [6, 6.07) is 24.8. The standard InChI is InChI=1S/C27H18N4O2/c28-14-21-15-29-16-23(26(21)31-25-6-2-5-24-22(25)11-12-30-24)20-4-1-3-19(13-20)17-7-9-18(10-8-17)27(32)33/h1-13,15-16,30H,(H,29,31)(H,32,33). The number of aromatic amines is 1. The van der Waals surface area contributed by atoms with Crippen LogP contribution in [0.3, 0.4) is 0 Å². The molecule has 5 rings (SSSR count). The number of aromatic carboxylic acids is 1. The van der Waals surface area contributed by atoms with Gasteiger partial charge in [-0.05, 0) is 53.1 Å². The number of carboxylic acids is 1. The summed E-state index contributed by atoms with van der Waals surface area (Å²) < 4.78 is 0. The number of hydrogen-bond acceptors (Lipinski definition) is 4. The highest BCUT2D eigenvalue weighted by atomic mass is 16.4. The molecule has 0 unspecified atom stereocenters. The average molecular weight is 430 g/mol. The van der Waals surface area contributed by atoms with Crippen molar-refractivity contribution < 1.29 is 9.90 Å². The molecule has 3 N–H and O–H groups in total. The summed E-state index contributed by atoms with van der Waals surface area (Å²) in [5, 5.41) is 23.4. The first-order valence-corrected chi connectivity index (χ1v) is 10.3. The summed E-state index contributed by atoms with van der Waals surface area (Å²) in [5.74, 6) is -0.956. The molecule has 0 saturated carbocycles. The molecule has 0 saturated heterocycles. The molecule has 33 heavy (non-hydrogen) atoms. The molecule has 0 aliphatic heterocycles. The number of benzene rings is 3. The van der Waals surface area contributed by atoms with E-state index in [1.807, 2.05) is 54.7 Å². The summed E-state index contributed by atoms with van der Waals surface area (Å²) in [6.07, 6.45) is 5.18. The number of nitrogens with one attached hydrogen (secondary N) is 2. The molecule has 0 spiro atoms. The van der Waals surface area contributed by atoms with Gasteiger partial charge in [0.2, 0.25) is 0 Å². The van der Waals surface area contributed by atoms with Gasteiger partial charge < -0.3 is 15.4 Å². The van der Waals surface area contributed by atoms with E-state index in [0.29, 0.717) is 11.3 Å². The van der Waals surface area contributed by atoms with Crippen molar-refractivity contribution in [2.75, 3.05) is 5.32 Å². The maximum absolute atomic E-state index is 11.2. The minimum Gasteiger partial charge on any atom is -0.478 e. The monoisotopic (exact) mass is 430 g/mol. The number of carbonyl (C=O) groups is 1. The van der Waals surface area contributed by atoms with Crippen LogP contribution < -0.4 is 5.32 Å². The number of nitrogens with zero attached hydrogens (tertiary/aromatic N) is 2. The Kier molecular flexibility index (Phi) is 5.06. The minimum absolute atomic E-state index is 0.242. The number of fused-ring (bicyclic) bond motifs is 1. The minimum atomic E-state index is -0.956. The van der Waals surface area contributed by atoms with Gasteiger partial charge in [-0.2, -0.15) is 5.26 Å². The Morgan fingerprint density at radius 2 is 1.73 bits per heavy atom. The van der Waals surface area contributed by atoms with Gasteiger partial charge in [0.15, 0.2) is 0 Å². The quantitative estimate of drug-likeness (QED) is 0.308. The molecule has 5 aromatic rings. The molecule has 0 amide bonds. The second-order valence-corrected chi connectivity index (χ2v) is 7.55. The Morgan fingerprint density at radius 1 is 0.939 bits per heavy atom. The van der Waals surface area contributed by atoms with Gasteiger partial charge in [0.05, 0.1) is 16.8 Å². The van der Waals surface area contributed by atoms with Gasteiger partial charge in [-0.25, -0.2) is 4.79 Å².